The Bertz CT molecular complexity index is 1410. The summed E-state index contributed by atoms with van der Waals surface area (Å²) < 4.78 is 0. The molecular weight excluding hydrogens is 450 g/mol. The van der Waals surface area contributed by atoms with E-state index >= 15 is 0 Å². The van der Waals surface area contributed by atoms with E-state index in [2.05, 4.69) is 73.3 Å². The first kappa shape index (κ1) is 23.5. The molecule has 2 heterocycles. The van der Waals surface area contributed by atoms with E-state index in [9.17, 15) is 14.4 Å². The number of hydrogen-bond acceptors (Lipinski definition) is 4. The van der Waals surface area contributed by atoms with E-state index in [0.29, 0.717) is 0 Å². The summed E-state index contributed by atoms with van der Waals surface area (Å²) in [6.45, 7) is 8.52. The number of carbonyl (C=O) groups excluding carboxylic acids is 3. The Kier molecular flexibility index (Phi) is 5.36. The van der Waals surface area contributed by atoms with Gasteiger partial charge in [-0.3, -0.25) is 19.4 Å². The van der Waals surface area contributed by atoms with Gasteiger partial charge in [0.05, 0.1) is 11.4 Å². The molecule has 0 N–H and O–H groups in total. The summed E-state index contributed by atoms with van der Waals surface area (Å²) in [5, 5.41) is 0. The molecule has 3 aromatic rings. The highest BCUT2D eigenvalue weighted by Gasteiger charge is 2.39. The number of carbonyl (C=O) groups is 3. The van der Waals surface area contributed by atoms with E-state index < -0.39 is 17.8 Å². The fourth-order valence-corrected chi connectivity index (χ4v) is 5.28. The molecule has 0 spiro atoms. The molecule has 5 rings (SSSR count). The van der Waals surface area contributed by atoms with Crippen LogP contribution in [0, 0.1) is 13.8 Å². The molecule has 0 atom stereocenters. The van der Waals surface area contributed by atoms with Crippen molar-refractivity contribution < 1.29 is 14.4 Å². The third kappa shape index (κ3) is 3.36. The lowest BCUT2D eigenvalue weighted by Gasteiger charge is -2.42. The smallest absolute Gasteiger partial charge is 0.310 e. The number of fused-ring (bicyclic) bond motifs is 2. The molecule has 0 aromatic heterocycles. The number of hydrogen-bond donors (Lipinski definition) is 0. The number of nitrogens with zero attached hydrogens (tertiary/aromatic N) is 3. The van der Waals surface area contributed by atoms with Gasteiger partial charge in [0.15, 0.2) is 0 Å². The van der Waals surface area contributed by atoms with E-state index in [0.717, 1.165) is 43.6 Å². The van der Waals surface area contributed by atoms with E-state index in [1.54, 1.807) is 6.08 Å². The molecule has 1 fully saturated rings. The van der Waals surface area contributed by atoms with Crippen molar-refractivity contribution in [3.8, 4) is 0 Å². The summed E-state index contributed by atoms with van der Waals surface area (Å²) in [6, 6.07) is 20.4. The van der Waals surface area contributed by atoms with Gasteiger partial charge in [-0.05, 0) is 72.0 Å². The molecule has 36 heavy (non-hydrogen) atoms. The van der Waals surface area contributed by atoms with E-state index in [4.69, 9.17) is 0 Å². The maximum Gasteiger partial charge on any atom is 0.333 e. The highest BCUT2D eigenvalue weighted by Crippen LogP contribution is 2.52. The van der Waals surface area contributed by atoms with Gasteiger partial charge >= 0.3 is 6.03 Å². The Labute approximate surface area is 211 Å². The third-order valence-corrected chi connectivity index (χ3v) is 7.41. The number of amides is 4. The minimum atomic E-state index is -0.629. The summed E-state index contributed by atoms with van der Waals surface area (Å²) in [5.41, 5.74) is 8.33. The molecule has 0 radical (unpaired) electrons. The fourth-order valence-electron chi connectivity index (χ4n) is 5.28. The van der Waals surface area contributed by atoms with Crippen LogP contribution in [0.2, 0.25) is 0 Å². The zero-order valence-electron chi connectivity index (χ0n) is 21.4. The van der Waals surface area contributed by atoms with Crippen LogP contribution in [-0.4, -0.2) is 41.7 Å². The van der Waals surface area contributed by atoms with Crippen molar-refractivity contribution in [2.24, 2.45) is 0 Å². The molecule has 3 aromatic carbocycles. The lowest BCUT2D eigenvalue weighted by molar-refractivity contribution is -0.134. The first-order valence-electron chi connectivity index (χ1n) is 12.0. The number of urea groups is 1. The molecule has 0 saturated carbocycles. The van der Waals surface area contributed by atoms with Crippen molar-refractivity contribution in [2.45, 2.75) is 33.1 Å². The quantitative estimate of drug-likeness (QED) is 0.342. The van der Waals surface area contributed by atoms with Crippen LogP contribution in [0.15, 0.2) is 66.2 Å². The molecule has 4 amide bonds. The molecule has 6 heteroatoms. The van der Waals surface area contributed by atoms with Crippen LogP contribution < -0.4 is 4.90 Å². The van der Waals surface area contributed by atoms with Crippen molar-refractivity contribution in [2.75, 3.05) is 19.0 Å². The standard InChI is InChI=1S/C30H29N3O3/c1-18-16-26(19(2)15-20(18)17-21-27(34)31(5)29(36)32(6)28(21)35)33-24-13-9-7-11-22(24)30(3,4)23-12-8-10-14-25(23)33/h7-17H,1-6H3. The highest BCUT2D eigenvalue weighted by molar-refractivity contribution is 6.30. The lowest BCUT2D eigenvalue weighted by atomic mass is 9.73. The van der Waals surface area contributed by atoms with E-state index in [1.807, 2.05) is 19.9 Å². The van der Waals surface area contributed by atoms with Gasteiger partial charge in [-0.15, -0.1) is 0 Å². The summed E-state index contributed by atoms with van der Waals surface area (Å²) >= 11 is 0. The monoisotopic (exact) mass is 479 g/mol. The van der Waals surface area contributed by atoms with Gasteiger partial charge in [0.1, 0.15) is 5.57 Å². The second-order valence-electron chi connectivity index (χ2n) is 10.1. The first-order valence-corrected chi connectivity index (χ1v) is 12.0. The van der Waals surface area contributed by atoms with Gasteiger partial charge in [-0.2, -0.15) is 0 Å². The molecule has 1 saturated heterocycles. The van der Waals surface area contributed by atoms with Crippen molar-refractivity contribution in [3.05, 3.63) is 94.1 Å². The Balaban J connectivity index is 1.66. The van der Waals surface area contributed by atoms with E-state index in [-0.39, 0.29) is 11.0 Å². The van der Waals surface area contributed by atoms with Crippen LogP contribution in [-0.2, 0) is 15.0 Å². The number of benzene rings is 3. The van der Waals surface area contributed by atoms with Crippen LogP contribution >= 0.6 is 0 Å². The average molecular weight is 480 g/mol. The molecule has 6 nitrogen and oxygen atoms in total. The van der Waals surface area contributed by atoms with Gasteiger partial charge in [-0.25, -0.2) is 4.79 Å². The molecule has 0 aliphatic carbocycles. The minimum absolute atomic E-state index is 0.0229. The Morgan fingerprint density at radius 3 is 1.72 bits per heavy atom. The number of anilines is 3. The molecule has 2 aliphatic heterocycles. The summed E-state index contributed by atoms with van der Waals surface area (Å²) in [7, 11) is 2.77. The number of para-hydroxylation sites is 2. The Morgan fingerprint density at radius 2 is 1.19 bits per heavy atom. The number of barbiturate groups is 1. The topological polar surface area (TPSA) is 60.9 Å². The molecule has 0 unspecified atom stereocenters. The second-order valence-corrected chi connectivity index (χ2v) is 10.1. The van der Waals surface area contributed by atoms with Crippen molar-refractivity contribution in [1.29, 1.82) is 0 Å². The van der Waals surface area contributed by atoms with Crippen LogP contribution in [0.3, 0.4) is 0 Å². The molecule has 2 aliphatic rings. The minimum Gasteiger partial charge on any atom is -0.310 e. The normalized spacial score (nSPS) is 16.8. The number of imide groups is 2. The highest BCUT2D eigenvalue weighted by atomic mass is 16.2. The largest absolute Gasteiger partial charge is 0.333 e. The van der Waals surface area contributed by atoms with Gasteiger partial charge < -0.3 is 4.90 Å². The van der Waals surface area contributed by atoms with E-state index in [1.165, 1.54) is 25.2 Å². The number of likely N-dealkylation sites (N-methyl/N-ethyl adjacent to an activating group) is 2. The first-order chi connectivity index (χ1) is 17.0. The van der Waals surface area contributed by atoms with Crippen molar-refractivity contribution >= 4 is 41.0 Å². The molecule has 182 valence electrons. The number of aryl methyl sites for hydroxylation is 2. The lowest BCUT2D eigenvalue weighted by Crippen LogP contribution is -2.52. The van der Waals surface area contributed by atoms with Gasteiger partial charge in [0.25, 0.3) is 11.8 Å². The Hall–Kier alpha value is -4.19. The predicted octanol–water partition coefficient (Wildman–Crippen LogP) is 5.85. The van der Waals surface area contributed by atoms with Crippen LogP contribution in [0.4, 0.5) is 21.9 Å². The molecule has 0 bridgehead atoms. The summed E-state index contributed by atoms with van der Waals surface area (Å²) in [5.74, 6) is -1.18. The van der Waals surface area contributed by atoms with Gasteiger partial charge in [0, 0.05) is 25.2 Å². The summed E-state index contributed by atoms with van der Waals surface area (Å²) in [6.07, 6.45) is 1.59. The maximum absolute atomic E-state index is 12.7. The zero-order valence-corrected chi connectivity index (χ0v) is 21.4. The van der Waals surface area contributed by atoms with Crippen molar-refractivity contribution in [3.63, 3.8) is 0 Å². The van der Waals surface area contributed by atoms with Crippen LogP contribution in [0.1, 0.15) is 41.7 Å². The third-order valence-electron chi connectivity index (χ3n) is 7.41. The van der Waals surface area contributed by atoms with Crippen molar-refractivity contribution in [1.82, 2.24) is 9.80 Å². The Morgan fingerprint density at radius 1 is 0.694 bits per heavy atom. The second kappa shape index (κ2) is 8.19. The van der Waals surface area contributed by atoms with Gasteiger partial charge in [0.2, 0.25) is 0 Å². The molecular formula is C30H29N3O3. The average Bonchev–Trinajstić information content (AvgIpc) is 2.87. The van der Waals surface area contributed by atoms with Crippen LogP contribution in [0.5, 0.6) is 0 Å². The maximum atomic E-state index is 12.7. The number of rotatable bonds is 2. The van der Waals surface area contributed by atoms with Gasteiger partial charge in [-0.1, -0.05) is 50.2 Å². The fraction of sp³-hybridized carbons (Fsp3) is 0.233. The predicted molar refractivity (Wildman–Crippen MR) is 142 cm³/mol. The summed E-state index contributed by atoms with van der Waals surface area (Å²) in [4.78, 5) is 41.8. The van der Waals surface area contributed by atoms with Crippen LogP contribution in [0.25, 0.3) is 6.08 Å². The zero-order chi connectivity index (χ0) is 25.9. The SMILES string of the molecule is Cc1cc(N2c3ccccc3C(C)(C)c3ccccc32)c(C)cc1C=C1C(=O)N(C)C(=O)N(C)C1=O.